The molecule has 0 aliphatic carbocycles. The van der Waals surface area contributed by atoms with Crippen LogP contribution < -0.4 is 5.32 Å². The lowest BCUT2D eigenvalue weighted by Crippen LogP contribution is -2.36. The normalized spacial score (nSPS) is 13.9. The van der Waals surface area contributed by atoms with E-state index in [9.17, 15) is 0 Å². The van der Waals surface area contributed by atoms with Crippen molar-refractivity contribution < 1.29 is 4.74 Å². The molecule has 0 aliphatic rings. The van der Waals surface area contributed by atoms with Gasteiger partial charge in [-0.05, 0) is 27.2 Å². The number of nitrogens with zero attached hydrogens (tertiary/aromatic N) is 3. The summed E-state index contributed by atoms with van der Waals surface area (Å²) in [7, 11) is 3.64. The quantitative estimate of drug-likeness (QED) is 0.777. The van der Waals surface area contributed by atoms with Crippen molar-refractivity contribution in [2.75, 3.05) is 13.7 Å². The zero-order chi connectivity index (χ0) is 12.9. The molecule has 0 saturated carbocycles. The summed E-state index contributed by atoms with van der Waals surface area (Å²) >= 11 is 0. The molecule has 0 saturated heterocycles. The van der Waals surface area contributed by atoms with Crippen LogP contribution in [0.25, 0.3) is 0 Å². The fraction of sp³-hybridized carbons (Fsp3) is 0.833. The topological polar surface area (TPSA) is 52.0 Å². The minimum absolute atomic E-state index is 0.0737. The molecular formula is C12H24N4O. The minimum Gasteiger partial charge on any atom is -0.379 e. The standard InChI is InChI=1S/C12H24N4O/c1-10(8-12(2,3)17-5)13-7-6-11-14-9-16(4)15-11/h9-10,13H,6-8H2,1-5H3. The van der Waals surface area contributed by atoms with Crippen LogP contribution in [-0.2, 0) is 18.2 Å². The Morgan fingerprint density at radius 1 is 1.53 bits per heavy atom. The Bertz CT molecular complexity index is 335. The first-order valence-corrected chi connectivity index (χ1v) is 6.06. The Morgan fingerprint density at radius 3 is 2.76 bits per heavy atom. The first kappa shape index (κ1) is 14.1. The van der Waals surface area contributed by atoms with Gasteiger partial charge in [-0.1, -0.05) is 0 Å². The molecule has 1 atom stereocenters. The monoisotopic (exact) mass is 240 g/mol. The summed E-state index contributed by atoms with van der Waals surface area (Å²) in [6, 6.07) is 0.425. The molecule has 0 amide bonds. The molecule has 1 N–H and O–H groups in total. The van der Waals surface area contributed by atoms with Gasteiger partial charge in [0, 0.05) is 33.2 Å². The van der Waals surface area contributed by atoms with Crippen LogP contribution in [0.1, 0.15) is 33.0 Å². The van der Waals surface area contributed by atoms with E-state index in [1.54, 1.807) is 18.1 Å². The Morgan fingerprint density at radius 2 is 2.24 bits per heavy atom. The molecule has 1 rings (SSSR count). The van der Waals surface area contributed by atoms with Gasteiger partial charge in [-0.25, -0.2) is 4.98 Å². The molecule has 1 aromatic heterocycles. The zero-order valence-electron chi connectivity index (χ0n) is 11.5. The molecule has 0 aliphatic heterocycles. The lowest BCUT2D eigenvalue weighted by molar-refractivity contribution is 0.00864. The van der Waals surface area contributed by atoms with Crippen LogP contribution in [0.2, 0.25) is 0 Å². The van der Waals surface area contributed by atoms with Gasteiger partial charge in [0.2, 0.25) is 0 Å². The van der Waals surface area contributed by atoms with Crippen LogP contribution >= 0.6 is 0 Å². The van der Waals surface area contributed by atoms with Crippen LogP contribution in [0.15, 0.2) is 6.33 Å². The fourth-order valence-electron chi connectivity index (χ4n) is 1.82. The molecule has 17 heavy (non-hydrogen) atoms. The predicted molar refractivity (Wildman–Crippen MR) is 67.9 cm³/mol. The molecule has 0 fully saturated rings. The third kappa shape index (κ3) is 5.28. The Balaban J connectivity index is 2.22. The van der Waals surface area contributed by atoms with Crippen molar-refractivity contribution in [2.45, 2.75) is 45.3 Å². The number of hydrogen-bond acceptors (Lipinski definition) is 4. The van der Waals surface area contributed by atoms with Crippen molar-refractivity contribution in [2.24, 2.45) is 7.05 Å². The molecule has 98 valence electrons. The number of aryl methyl sites for hydroxylation is 1. The van der Waals surface area contributed by atoms with E-state index in [0.29, 0.717) is 6.04 Å². The van der Waals surface area contributed by atoms with Gasteiger partial charge in [-0.15, -0.1) is 0 Å². The number of hydrogen-bond donors (Lipinski definition) is 1. The molecule has 1 aromatic rings. The molecule has 1 unspecified atom stereocenters. The van der Waals surface area contributed by atoms with Gasteiger partial charge in [0.1, 0.15) is 6.33 Å². The highest BCUT2D eigenvalue weighted by molar-refractivity contribution is 4.83. The van der Waals surface area contributed by atoms with Gasteiger partial charge in [-0.3, -0.25) is 4.68 Å². The first-order chi connectivity index (χ1) is 7.93. The van der Waals surface area contributed by atoms with Gasteiger partial charge in [0.25, 0.3) is 0 Å². The van der Waals surface area contributed by atoms with E-state index in [0.717, 1.165) is 25.2 Å². The van der Waals surface area contributed by atoms with Crippen molar-refractivity contribution in [3.8, 4) is 0 Å². The highest BCUT2D eigenvalue weighted by atomic mass is 16.5. The van der Waals surface area contributed by atoms with Crippen molar-refractivity contribution in [3.05, 3.63) is 12.2 Å². The highest BCUT2D eigenvalue weighted by Crippen LogP contribution is 2.15. The molecule has 0 aromatic carbocycles. The van der Waals surface area contributed by atoms with E-state index >= 15 is 0 Å². The SMILES string of the molecule is COC(C)(C)CC(C)NCCc1ncn(C)n1. The number of methoxy groups -OCH3 is 1. The number of ether oxygens (including phenoxy) is 1. The van der Waals surface area contributed by atoms with E-state index in [1.807, 2.05) is 7.05 Å². The van der Waals surface area contributed by atoms with Crippen LogP contribution in [0, 0.1) is 0 Å². The minimum atomic E-state index is -0.0737. The van der Waals surface area contributed by atoms with E-state index in [4.69, 9.17) is 4.74 Å². The average molecular weight is 240 g/mol. The number of nitrogens with one attached hydrogen (secondary N) is 1. The summed E-state index contributed by atoms with van der Waals surface area (Å²) in [6.45, 7) is 7.27. The largest absolute Gasteiger partial charge is 0.379 e. The van der Waals surface area contributed by atoms with E-state index in [2.05, 4.69) is 36.2 Å². The second-order valence-corrected chi connectivity index (χ2v) is 5.11. The second kappa shape index (κ2) is 6.12. The average Bonchev–Trinajstić information content (AvgIpc) is 2.63. The summed E-state index contributed by atoms with van der Waals surface area (Å²) in [6.07, 6.45) is 3.57. The lowest BCUT2D eigenvalue weighted by Gasteiger charge is -2.27. The van der Waals surface area contributed by atoms with Crippen molar-refractivity contribution >= 4 is 0 Å². The molecule has 0 bridgehead atoms. The van der Waals surface area contributed by atoms with Gasteiger partial charge in [0.05, 0.1) is 5.60 Å². The maximum absolute atomic E-state index is 5.41. The van der Waals surface area contributed by atoms with Crippen LogP contribution in [0.4, 0.5) is 0 Å². The molecule has 0 radical (unpaired) electrons. The van der Waals surface area contributed by atoms with Crippen molar-refractivity contribution in [1.29, 1.82) is 0 Å². The van der Waals surface area contributed by atoms with Crippen LogP contribution in [-0.4, -0.2) is 40.1 Å². The first-order valence-electron chi connectivity index (χ1n) is 6.06. The summed E-state index contributed by atoms with van der Waals surface area (Å²) in [5, 5.41) is 7.70. The molecule has 0 spiro atoms. The van der Waals surface area contributed by atoms with Gasteiger partial charge in [0.15, 0.2) is 5.82 Å². The molecule has 1 heterocycles. The van der Waals surface area contributed by atoms with Gasteiger partial charge in [-0.2, -0.15) is 5.10 Å². The van der Waals surface area contributed by atoms with E-state index in [-0.39, 0.29) is 5.60 Å². The van der Waals surface area contributed by atoms with Gasteiger partial charge >= 0.3 is 0 Å². The predicted octanol–water partition coefficient (Wildman–Crippen LogP) is 1.15. The maximum atomic E-state index is 5.41. The summed E-state index contributed by atoms with van der Waals surface area (Å²) in [5.74, 6) is 0.887. The summed E-state index contributed by atoms with van der Waals surface area (Å²) in [5.41, 5.74) is -0.0737. The Hall–Kier alpha value is -0.940. The lowest BCUT2D eigenvalue weighted by atomic mass is 10.00. The van der Waals surface area contributed by atoms with E-state index in [1.165, 1.54) is 0 Å². The second-order valence-electron chi connectivity index (χ2n) is 5.11. The Labute approximate surface area is 104 Å². The maximum Gasteiger partial charge on any atom is 0.151 e. The number of rotatable bonds is 7. The van der Waals surface area contributed by atoms with Crippen LogP contribution in [0.3, 0.4) is 0 Å². The number of aromatic nitrogens is 3. The summed E-state index contributed by atoms with van der Waals surface area (Å²) < 4.78 is 7.14. The van der Waals surface area contributed by atoms with Gasteiger partial charge < -0.3 is 10.1 Å². The summed E-state index contributed by atoms with van der Waals surface area (Å²) in [4.78, 5) is 4.19. The fourth-order valence-corrected chi connectivity index (χ4v) is 1.82. The van der Waals surface area contributed by atoms with Crippen molar-refractivity contribution in [1.82, 2.24) is 20.1 Å². The third-order valence-electron chi connectivity index (χ3n) is 2.84. The zero-order valence-corrected chi connectivity index (χ0v) is 11.5. The van der Waals surface area contributed by atoms with E-state index < -0.39 is 0 Å². The van der Waals surface area contributed by atoms with Crippen LogP contribution in [0.5, 0.6) is 0 Å². The molecule has 5 nitrogen and oxygen atoms in total. The smallest absolute Gasteiger partial charge is 0.151 e. The molecule has 5 heteroatoms. The molecular weight excluding hydrogens is 216 g/mol. The highest BCUT2D eigenvalue weighted by Gasteiger charge is 2.19. The Kier molecular flexibility index (Phi) is 5.08. The van der Waals surface area contributed by atoms with Crippen molar-refractivity contribution in [3.63, 3.8) is 0 Å². The third-order valence-corrected chi connectivity index (χ3v) is 2.84.